The van der Waals surface area contributed by atoms with E-state index < -0.39 is 11.8 Å². The minimum atomic E-state index is -0.546. The van der Waals surface area contributed by atoms with Crippen molar-refractivity contribution in [2.75, 3.05) is 21.0 Å². The third-order valence-corrected chi connectivity index (χ3v) is 6.42. The van der Waals surface area contributed by atoms with E-state index in [9.17, 15) is 19.2 Å². The summed E-state index contributed by atoms with van der Waals surface area (Å²) in [5.74, 6) is 4.47. The van der Waals surface area contributed by atoms with Crippen molar-refractivity contribution in [2.45, 2.75) is 0 Å². The van der Waals surface area contributed by atoms with Gasteiger partial charge in [0.2, 0.25) is 0 Å². The smallest absolute Gasteiger partial charge is 0.272 e. The number of hydrazine groups is 1. The standard InChI is InChI=1S/C34H27N5O4/c35-39(34(43)26-13-8-12-25(21-26)32(41)37-28-16-5-2-6-17-28)30-19-9-18-29(22-30)38-33(42)24-11-7-10-23(20-24)31(40)36-27-14-3-1-4-15-27/h1-22H,35H2,(H,36,40)(H,37,41)(H,38,42). The maximum atomic E-state index is 13.2. The lowest BCUT2D eigenvalue weighted by molar-refractivity contribution is 0.0984. The third-order valence-electron chi connectivity index (χ3n) is 6.42. The first-order valence-corrected chi connectivity index (χ1v) is 13.3. The first-order chi connectivity index (χ1) is 20.9. The molecule has 5 N–H and O–H groups in total. The monoisotopic (exact) mass is 569 g/mol. The Morgan fingerprint density at radius 1 is 0.442 bits per heavy atom. The minimum absolute atomic E-state index is 0.211. The van der Waals surface area contributed by atoms with Crippen LogP contribution in [0.4, 0.5) is 22.7 Å². The van der Waals surface area contributed by atoms with E-state index in [0.717, 1.165) is 5.01 Å². The van der Waals surface area contributed by atoms with Crippen LogP contribution in [0.15, 0.2) is 133 Å². The molecule has 212 valence electrons. The Balaban J connectivity index is 1.26. The first-order valence-electron chi connectivity index (χ1n) is 13.3. The molecule has 5 aromatic rings. The highest BCUT2D eigenvalue weighted by Gasteiger charge is 2.18. The Labute approximate surface area is 247 Å². The highest BCUT2D eigenvalue weighted by Crippen LogP contribution is 2.21. The molecule has 0 bridgehead atoms. The predicted octanol–water partition coefficient (Wildman–Crippen LogP) is 5.96. The summed E-state index contributed by atoms with van der Waals surface area (Å²) in [6.45, 7) is 0. The summed E-state index contributed by atoms with van der Waals surface area (Å²) in [5.41, 5.74) is 3.08. The van der Waals surface area contributed by atoms with Crippen molar-refractivity contribution in [3.05, 3.63) is 156 Å². The molecule has 0 saturated carbocycles. The zero-order valence-corrected chi connectivity index (χ0v) is 22.9. The molecule has 5 aromatic carbocycles. The molecule has 0 unspecified atom stereocenters. The van der Waals surface area contributed by atoms with Crippen LogP contribution < -0.4 is 26.8 Å². The molecule has 0 saturated heterocycles. The second-order valence-electron chi connectivity index (χ2n) is 9.48. The van der Waals surface area contributed by atoms with Crippen LogP contribution in [0.5, 0.6) is 0 Å². The van der Waals surface area contributed by atoms with Crippen molar-refractivity contribution in [2.24, 2.45) is 5.84 Å². The van der Waals surface area contributed by atoms with Gasteiger partial charge in [-0.05, 0) is 78.9 Å². The maximum absolute atomic E-state index is 13.2. The Hall–Kier alpha value is -6.06. The van der Waals surface area contributed by atoms with Gasteiger partial charge in [-0.25, -0.2) is 10.9 Å². The lowest BCUT2D eigenvalue weighted by Gasteiger charge is -2.18. The molecule has 9 nitrogen and oxygen atoms in total. The summed E-state index contributed by atoms with van der Waals surface area (Å²) in [6.07, 6.45) is 0. The van der Waals surface area contributed by atoms with Crippen LogP contribution in [-0.2, 0) is 0 Å². The fraction of sp³-hybridized carbons (Fsp3) is 0. The van der Waals surface area contributed by atoms with Gasteiger partial charge in [0, 0.05) is 39.3 Å². The molecule has 4 amide bonds. The SMILES string of the molecule is NN(C(=O)c1cccc(C(=O)Nc2ccccc2)c1)c1cccc(NC(=O)c2cccc(C(=O)Nc3ccccc3)c2)c1. The average molecular weight is 570 g/mol. The van der Waals surface area contributed by atoms with Gasteiger partial charge in [-0.15, -0.1) is 0 Å². The number of anilines is 4. The zero-order valence-electron chi connectivity index (χ0n) is 22.9. The molecule has 0 atom stereocenters. The van der Waals surface area contributed by atoms with E-state index >= 15 is 0 Å². The molecule has 5 rings (SSSR count). The topological polar surface area (TPSA) is 134 Å². The molecule has 0 aromatic heterocycles. The first kappa shape index (κ1) is 28.5. The molecule has 0 aliphatic carbocycles. The van der Waals surface area contributed by atoms with Gasteiger partial charge in [-0.1, -0.05) is 54.6 Å². The number of benzene rings is 5. The number of nitrogens with two attached hydrogens (primary N) is 1. The highest BCUT2D eigenvalue weighted by molar-refractivity contribution is 6.10. The van der Waals surface area contributed by atoms with Gasteiger partial charge in [-0.3, -0.25) is 19.2 Å². The largest absolute Gasteiger partial charge is 0.322 e. The number of hydrogen-bond acceptors (Lipinski definition) is 5. The fourth-order valence-electron chi connectivity index (χ4n) is 4.24. The van der Waals surface area contributed by atoms with E-state index in [1.54, 1.807) is 97.1 Å². The lowest BCUT2D eigenvalue weighted by Crippen LogP contribution is -2.37. The summed E-state index contributed by atoms with van der Waals surface area (Å²) in [4.78, 5) is 51.6. The fourth-order valence-corrected chi connectivity index (χ4v) is 4.24. The van der Waals surface area contributed by atoms with E-state index in [0.29, 0.717) is 33.9 Å². The Morgan fingerprint density at radius 3 is 1.35 bits per heavy atom. The van der Waals surface area contributed by atoms with Gasteiger partial charge in [0.05, 0.1) is 5.69 Å². The van der Waals surface area contributed by atoms with Gasteiger partial charge in [-0.2, -0.15) is 0 Å². The molecule has 0 fully saturated rings. The summed E-state index contributed by atoms with van der Waals surface area (Å²) in [7, 11) is 0. The van der Waals surface area contributed by atoms with Gasteiger partial charge in [0.1, 0.15) is 0 Å². The number of nitrogens with zero attached hydrogens (tertiary/aromatic N) is 1. The average Bonchev–Trinajstić information content (AvgIpc) is 3.05. The number of carbonyl (C=O) groups is 4. The number of para-hydroxylation sites is 2. The molecule has 0 aliphatic rings. The Bertz CT molecular complexity index is 1790. The molecule has 0 radical (unpaired) electrons. The van der Waals surface area contributed by atoms with E-state index in [2.05, 4.69) is 16.0 Å². The lowest BCUT2D eigenvalue weighted by atomic mass is 10.1. The van der Waals surface area contributed by atoms with Crippen molar-refractivity contribution in [3.63, 3.8) is 0 Å². The van der Waals surface area contributed by atoms with E-state index in [4.69, 9.17) is 5.84 Å². The number of nitrogens with one attached hydrogen (secondary N) is 3. The van der Waals surface area contributed by atoms with Crippen LogP contribution in [0.2, 0.25) is 0 Å². The van der Waals surface area contributed by atoms with Gasteiger partial charge in [0.15, 0.2) is 0 Å². The van der Waals surface area contributed by atoms with Crippen LogP contribution >= 0.6 is 0 Å². The van der Waals surface area contributed by atoms with Crippen LogP contribution in [-0.4, -0.2) is 23.6 Å². The summed E-state index contributed by atoms with van der Waals surface area (Å²) >= 11 is 0. The molecule has 9 heteroatoms. The van der Waals surface area contributed by atoms with E-state index in [-0.39, 0.29) is 22.9 Å². The molecule has 0 spiro atoms. The van der Waals surface area contributed by atoms with Crippen LogP contribution in [0.1, 0.15) is 41.4 Å². The van der Waals surface area contributed by atoms with Gasteiger partial charge < -0.3 is 16.0 Å². The van der Waals surface area contributed by atoms with Crippen molar-refractivity contribution in [1.29, 1.82) is 0 Å². The van der Waals surface area contributed by atoms with Crippen molar-refractivity contribution < 1.29 is 19.2 Å². The maximum Gasteiger partial charge on any atom is 0.272 e. The van der Waals surface area contributed by atoms with Gasteiger partial charge >= 0.3 is 0 Å². The Kier molecular flexibility index (Phi) is 8.65. The van der Waals surface area contributed by atoms with Crippen molar-refractivity contribution >= 4 is 46.4 Å². The number of rotatable bonds is 8. The zero-order chi connectivity index (χ0) is 30.2. The number of hydrogen-bond donors (Lipinski definition) is 4. The number of carbonyl (C=O) groups excluding carboxylic acids is 4. The molecule has 0 aliphatic heterocycles. The Morgan fingerprint density at radius 2 is 0.837 bits per heavy atom. The normalized spacial score (nSPS) is 10.3. The summed E-state index contributed by atoms with van der Waals surface area (Å²) in [5, 5.41) is 9.30. The number of amides is 4. The van der Waals surface area contributed by atoms with E-state index in [1.807, 2.05) is 24.3 Å². The second-order valence-corrected chi connectivity index (χ2v) is 9.48. The summed E-state index contributed by atoms with van der Waals surface area (Å²) in [6, 6.07) is 37.0. The van der Waals surface area contributed by atoms with Gasteiger partial charge in [0.25, 0.3) is 23.6 Å². The summed E-state index contributed by atoms with van der Waals surface area (Å²) < 4.78 is 0. The second kappa shape index (κ2) is 13.1. The predicted molar refractivity (Wildman–Crippen MR) is 167 cm³/mol. The van der Waals surface area contributed by atoms with Crippen molar-refractivity contribution in [3.8, 4) is 0 Å². The van der Waals surface area contributed by atoms with Crippen molar-refractivity contribution in [1.82, 2.24) is 0 Å². The quantitative estimate of drug-likeness (QED) is 0.104. The van der Waals surface area contributed by atoms with Crippen LogP contribution in [0, 0.1) is 0 Å². The third kappa shape index (κ3) is 7.18. The van der Waals surface area contributed by atoms with Crippen LogP contribution in [0.3, 0.4) is 0 Å². The molecular weight excluding hydrogens is 542 g/mol. The van der Waals surface area contributed by atoms with E-state index in [1.165, 1.54) is 12.1 Å². The highest BCUT2D eigenvalue weighted by atomic mass is 16.2. The molecule has 0 heterocycles. The molecule has 43 heavy (non-hydrogen) atoms. The van der Waals surface area contributed by atoms with Crippen LogP contribution in [0.25, 0.3) is 0 Å². The molecular formula is C34H27N5O4. The minimum Gasteiger partial charge on any atom is -0.322 e.